The fourth-order valence-electron chi connectivity index (χ4n) is 2.42. The molecule has 2 heterocycles. The van der Waals surface area contributed by atoms with Gasteiger partial charge in [0, 0.05) is 19.6 Å². The molecule has 102 valence electrons. The molecule has 2 aliphatic heterocycles. The van der Waals surface area contributed by atoms with Gasteiger partial charge in [-0.25, -0.2) is 17.5 Å². The largest absolute Gasteiger partial charge is 0.324 e. The van der Waals surface area contributed by atoms with Gasteiger partial charge >= 0.3 is 6.03 Å². The summed E-state index contributed by atoms with van der Waals surface area (Å²) in [5.74, 6) is -0.194. The molecule has 1 N–H and O–H groups in total. The van der Waals surface area contributed by atoms with Crippen LogP contribution in [-0.4, -0.2) is 62.0 Å². The number of carbonyl (C=O) groups is 2. The molecule has 2 aliphatic rings. The summed E-state index contributed by atoms with van der Waals surface area (Å²) in [7, 11) is -3.17. The van der Waals surface area contributed by atoms with Crippen LogP contribution in [0, 0.1) is 5.92 Å². The fraction of sp³-hybridized carbons (Fsp3) is 0.800. The summed E-state index contributed by atoms with van der Waals surface area (Å²) in [6.45, 7) is 1.48. The van der Waals surface area contributed by atoms with Crippen LogP contribution in [0.25, 0.3) is 0 Å². The van der Waals surface area contributed by atoms with Crippen molar-refractivity contribution in [3.05, 3.63) is 0 Å². The Morgan fingerprint density at radius 1 is 1.39 bits per heavy atom. The van der Waals surface area contributed by atoms with Gasteiger partial charge in [-0.2, -0.15) is 0 Å². The third kappa shape index (κ3) is 2.99. The number of carbonyl (C=O) groups excluding carboxylic acids is 2. The minimum absolute atomic E-state index is 0.0776. The first-order chi connectivity index (χ1) is 8.36. The van der Waals surface area contributed by atoms with Crippen LogP contribution in [0.15, 0.2) is 0 Å². The van der Waals surface area contributed by atoms with Gasteiger partial charge in [-0.15, -0.1) is 0 Å². The second-order valence-corrected chi connectivity index (χ2v) is 6.85. The summed E-state index contributed by atoms with van der Waals surface area (Å²) in [5.41, 5.74) is 0. The van der Waals surface area contributed by atoms with Gasteiger partial charge in [0.1, 0.15) is 6.54 Å². The van der Waals surface area contributed by atoms with Gasteiger partial charge in [-0.1, -0.05) is 0 Å². The number of hydrogen-bond acceptors (Lipinski definition) is 4. The molecule has 0 saturated carbocycles. The predicted molar refractivity (Wildman–Crippen MR) is 64.3 cm³/mol. The van der Waals surface area contributed by atoms with E-state index in [1.807, 2.05) is 0 Å². The Balaban J connectivity index is 1.94. The lowest BCUT2D eigenvalue weighted by Crippen LogP contribution is -2.44. The summed E-state index contributed by atoms with van der Waals surface area (Å²) < 4.78 is 24.4. The van der Waals surface area contributed by atoms with Crippen LogP contribution in [0.5, 0.6) is 0 Å². The number of hydrogen-bond donors (Lipinski definition) is 1. The van der Waals surface area contributed by atoms with Crippen molar-refractivity contribution in [2.45, 2.75) is 12.8 Å². The quantitative estimate of drug-likeness (QED) is 0.684. The Labute approximate surface area is 106 Å². The molecule has 0 spiro atoms. The van der Waals surface area contributed by atoms with Crippen molar-refractivity contribution in [2.75, 3.05) is 32.4 Å². The number of urea groups is 1. The van der Waals surface area contributed by atoms with E-state index in [0.717, 1.165) is 12.8 Å². The third-order valence-electron chi connectivity index (χ3n) is 3.30. The van der Waals surface area contributed by atoms with Gasteiger partial charge < -0.3 is 4.90 Å². The number of nitrogens with one attached hydrogen (secondary N) is 1. The summed E-state index contributed by atoms with van der Waals surface area (Å²) in [4.78, 5) is 23.9. The first kappa shape index (κ1) is 13.3. The van der Waals surface area contributed by atoms with Gasteiger partial charge in [0.15, 0.2) is 0 Å². The van der Waals surface area contributed by atoms with Crippen LogP contribution in [-0.2, 0) is 14.8 Å². The van der Waals surface area contributed by atoms with Crippen molar-refractivity contribution in [3.63, 3.8) is 0 Å². The third-order valence-corrected chi connectivity index (χ3v) is 4.57. The first-order valence-electron chi connectivity index (χ1n) is 5.90. The molecule has 2 rings (SSSR count). The van der Waals surface area contributed by atoms with Crippen molar-refractivity contribution in [3.8, 4) is 0 Å². The molecule has 0 aromatic carbocycles. The molecule has 3 amide bonds. The zero-order valence-electron chi connectivity index (χ0n) is 10.3. The monoisotopic (exact) mass is 275 g/mol. The highest BCUT2D eigenvalue weighted by molar-refractivity contribution is 7.88. The zero-order valence-corrected chi connectivity index (χ0v) is 11.1. The first-order valence-corrected chi connectivity index (χ1v) is 7.75. The highest BCUT2D eigenvalue weighted by Crippen LogP contribution is 2.20. The fourth-order valence-corrected chi connectivity index (χ4v) is 3.36. The lowest BCUT2D eigenvalue weighted by Gasteiger charge is -2.32. The Kier molecular flexibility index (Phi) is 3.58. The van der Waals surface area contributed by atoms with E-state index in [4.69, 9.17) is 0 Å². The molecule has 0 aromatic rings. The Morgan fingerprint density at radius 3 is 2.67 bits per heavy atom. The van der Waals surface area contributed by atoms with Gasteiger partial charge in [-0.05, 0) is 18.8 Å². The molecule has 18 heavy (non-hydrogen) atoms. The van der Waals surface area contributed by atoms with Gasteiger partial charge in [0.2, 0.25) is 15.9 Å². The van der Waals surface area contributed by atoms with E-state index < -0.39 is 10.0 Å². The van der Waals surface area contributed by atoms with E-state index in [0.29, 0.717) is 19.6 Å². The Bertz CT molecular complexity index is 462. The van der Waals surface area contributed by atoms with Crippen molar-refractivity contribution >= 4 is 22.0 Å². The molecule has 0 bridgehead atoms. The molecule has 8 heteroatoms. The number of amides is 3. The van der Waals surface area contributed by atoms with Crippen LogP contribution in [0.3, 0.4) is 0 Å². The maximum Gasteiger partial charge on any atom is 0.324 e. The molecule has 0 radical (unpaired) electrons. The van der Waals surface area contributed by atoms with Crippen molar-refractivity contribution in [1.82, 2.24) is 14.5 Å². The maximum atomic E-state index is 11.5. The van der Waals surface area contributed by atoms with Crippen molar-refractivity contribution < 1.29 is 18.0 Å². The Morgan fingerprint density at radius 2 is 2.11 bits per heavy atom. The van der Waals surface area contributed by atoms with E-state index >= 15 is 0 Å². The standard InChI is InChI=1S/C10H17N3O4S/c1-18(16,17)13-4-2-3-8(6-13)5-12-7-9(14)11-10(12)15/h8H,2-7H2,1H3,(H,11,14,15). The summed E-state index contributed by atoms with van der Waals surface area (Å²) in [6, 6.07) is -0.378. The van der Waals surface area contributed by atoms with Crippen LogP contribution in [0.4, 0.5) is 4.79 Å². The molecule has 2 saturated heterocycles. The van der Waals surface area contributed by atoms with Gasteiger partial charge in [0.05, 0.1) is 6.26 Å². The van der Waals surface area contributed by atoms with Crippen LogP contribution >= 0.6 is 0 Å². The van der Waals surface area contributed by atoms with E-state index in [1.54, 1.807) is 0 Å². The second-order valence-electron chi connectivity index (χ2n) is 4.86. The molecule has 0 aromatic heterocycles. The normalized spacial score (nSPS) is 26.5. The van der Waals surface area contributed by atoms with E-state index in [2.05, 4.69) is 5.32 Å². The lowest BCUT2D eigenvalue weighted by molar-refractivity contribution is -0.118. The maximum absolute atomic E-state index is 11.5. The number of sulfonamides is 1. The second kappa shape index (κ2) is 4.85. The van der Waals surface area contributed by atoms with Crippen molar-refractivity contribution in [2.24, 2.45) is 5.92 Å². The smallest absolute Gasteiger partial charge is 0.315 e. The molecule has 1 atom stereocenters. The highest BCUT2D eigenvalue weighted by atomic mass is 32.2. The Hall–Kier alpha value is -1.15. The number of nitrogens with zero attached hydrogens (tertiary/aromatic N) is 2. The molecule has 1 unspecified atom stereocenters. The summed E-state index contributed by atoms with van der Waals surface area (Å²) in [6.07, 6.45) is 2.87. The molecular weight excluding hydrogens is 258 g/mol. The van der Waals surface area contributed by atoms with Gasteiger partial charge in [-0.3, -0.25) is 10.1 Å². The van der Waals surface area contributed by atoms with E-state index in [-0.39, 0.29) is 24.4 Å². The SMILES string of the molecule is CS(=O)(=O)N1CCCC(CN2CC(=O)NC2=O)C1. The number of piperidine rings is 1. The molecule has 7 nitrogen and oxygen atoms in total. The zero-order chi connectivity index (χ0) is 13.3. The number of rotatable bonds is 3. The number of imide groups is 1. The van der Waals surface area contributed by atoms with Gasteiger partial charge in [0.25, 0.3) is 0 Å². The van der Waals surface area contributed by atoms with Crippen LogP contribution < -0.4 is 5.32 Å². The lowest BCUT2D eigenvalue weighted by atomic mass is 9.99. The van der Waals surface area contributed by atoms with Crippen LogP contribution in [0.2, 0.25) is 0 Å². The average molecular weight is 275 g/mol. The molecular formula is C10H17N3O4S. The van der Waals surface area contributed by atoms with Crippen LogP contribution in [0.1, 0.15) is 12.8 Å². The molecule has 0 aliphatic carbocycles. The average Bonchev–Trinajstić information content (AvgIpc) is 2.56. The topological polar surface area (TPSA) is 86.8 Å². The summed E-state index contributed by atoms with van der Waals surface area (Å²) in [5, 5.41) is 2.21. The van der Waals surface area contributed by atoms with E-state index in [9.17, 15) is 18.0 Å². The molecule has 2 fully saturated rings. The highest BCUT2D eigenvalue weighted by Gasteiger charge is 2.32. The summed E-state index contributed by atoms with van der Waals surface area (Å²) >= 11 is 0. The van der Waals surface area contributed by atoms with E-state index in [1.165, 1.54) is 15.5 Å². The van der Waals surface area contributed by atoms with Crippen molar-refractivity contribution in [1.29, 1.82) is 0 Å². The minimum atomic E-state index is -3.17. The predicted octanol–water partition coefficient (Wildman–Crippen LogP) is -0.790. The minimum Gasteiger partial charge on any atom is -0.315 e.